The zero-order chi connectivity index (χ0) is 14.1. The van der Waals surface area contributed by atoms with Crippen molar-refractivity contribution >= 4 is 12.2 Å². The molecule has 0 unspecified atom stereocenters. The van der Waals surface area contributed by atoms with Crippen LogP contribution in [-0.4, -0.2) is 24.7 Å². The van der Waals surface area contributed by atoms with Crippen LogP contribution in [0.5, 0.6) is 0 Å². The highest BCUT2D eigenvalue weighted by atomic mass is 32.1. The van der Waals surface area contributed by atoms with Gasteiger partial charge < -0.3 is 4.98 Å². The second kappa shape index (κ2) is 4.93. The van der Waals surface area contributed by atoms with Crippen LogP contribution in [-0.2, 0) is 7.05 Å². The monoisotopic (exact) mass is 287 g/mol. The number of hydrogen-bond donors (Lipinski definition) is 1. The van der Waals surface area contributed by atoms with Crippen molar-refractivity contribution < 1.29 is 4.39 Å². The predicted molar refractivity (Wildman–Crippen MR) is 74.8 cm³/mol. The molecule has 3 rings (SSSR count). The molecule has 0 aliphatic heterocycles. The summed E-state index contributed by atoms with van der Waals surface area (Å²) in [6.45, 7) is 0. The SMILES string of the molecule is Cn1cc(-c2cc(=S)nc(-c3ccc(F)cn3)[nH]2)cn1. The smallest absolute Gasteiger partial charge is 0.158 e. The molecular weight excluding hydrogens is 277 g/mol. The second-order valence-electron chi connectivity index (χ2n) is 4.25. The summed E-state index contributed by atoms with van der Waals surface area (Å²) in [5, 5.41) is 4.11. The van der Waals surface area contributed by atoms with Gasteiger partial charge in [-0.15, -0.1) is 0 Å². The number of nitrogens with zero attached hydrogens (tertiary/aromatic N) is 4. The Kier molecular flexibility index (Phi) is 3.11. The third kappa shape index (κ3) is 2.48. The normalized spacial score (nSPS) is 10.7. The van der Waals surface area contributed by atoms with Crippen LogP contribution in [0.2, 0.25) is 0 Å². The summed E-state index contributed by atoms with van der Waals surface area (Å²) in [4.78, 5) is 11.3. The van der Waals surface area contributed by atoms with Gasteiger partial charge in [0.1, 0.15) is 16.2 Å². The van der Waals surface area contributed by atoms with Gasteiger partial charge in [-0.3, -0.25) is 4.68 Å². The van der Waals surface area contributed by atoms with Crippen LogP contribution in [0.3, 0.4) is 0 Å². The number of aryl methyl sites for hydroxylation is 1. The number of nitrogens with one attached hydrogen (secondary N) is 1. The third-order valence-electron chi connectivity index (χ3n) is 2.73. The minimum atomic E-state index is -0.393. The highest BCUT2D eigenvalue weighted by Gasteiger charge is 2.07. The Morgan fingerprint density at radius 2 is 2.15 bits per heavy atom. The molecule has 0 aliphatic carbocycles. The van der Waals surface area contributed by atoms with E-state index in [4.69, 9.17) is 12.2 Å². The summed E-state index contributed by atoms with van der Waals surface area (Å²) in [6.07, 6.45) is 4.73. The van der Waals surface area contributed by atoms with Crippen molar-refractivity contribution in [1.82, 2.24) is 24.7 Å². The summed E-state index contributed by atoms with van der Waals surface area (Å²) in [5.74, 6) is 0.104. The molecule has 0 fully saturated rings. The minimum absolute atomic E-state index is 0.393. The van der Waals surface area contributed by atoms with Crippen LogP contribution >= 0.6 is 12.2 Å². The first kappa shape index (κ1) is 12.6. The van der Waals surface area contributed by atoms with E-state index in [9.17, 15) is 4.39 Å². The largest absolute Gasteiger partial charge is 0.338 e. The van der Waals surface area contributed by atoms with E-state index in [0.29, 0.717) is 16.2 Å². The van der Waals surface area contributed by atoms with Gasteiger partial charge >= 0.3 is 0 Å². The molecule has 0 aromatic carbocycles. The van der Waals surface area contributed by atoms with Gasteiger partial charge in [0, 0.05) is 18.8 Å². The van der Waals surface area contributed by atoms with E-state index in [-0.39, 0.29) is 0 Å². The fourth-order valence-electron chi connectivity index (χ4n) is 1.81. The van der Waals surface area contributed by atoms with E-state index in [1.54, 1.807) is 23.0 Å². The van der Waals surface area contributed by atoms with E-state index in [0.717, 1.165) is 17.5 Å². The molecule has 0 saturated carbocycles. The Hall–Kier alpha value is -2.41. The molecule has 20 heavy (non-hydrogen) atoms. The van der Waals surface area contributed by atoms with Crippen molar-refractivity contribution in [3.05, 3.63) is 47.2 Å². The highest BCUT2D eigenvalue weighted by molar-refractivity contribution is 7.71. The van der Waals surface area contributed by atoms with Crippen molar-refractivity contribution in [1.29, 1.82) is 0 Å². The maximum Gasteiger partial charge on any atom is 0.158 e. The van der Waals surface area contributed by atoms with E-state index in [2.05, 4.69) is 20.1 Å². The summed E-state index contributed by atoms with van der Waals surface area (Å²) in [7, 11) is 1.84. The van der Waals surface area contributed by atoms with Crippen molar-refractivity contribution in [3.8, 4) is 22.8 Å². The Bertz CT molecular complexity index is 806. The van der Waals surface area contributed by atoms with Gasteiger partial charge in [-0.05, 0) is 18.2 Å². The fraction of sp³-hybridized carbons (Fsp3) is 0.0769. The number of hydrogen-bond acceptors (Lipinski definition) is 4. The van der Waals surface area contributed by atoms with Gasteiger partial charge in [-0.2, -0.15) is 5.10 Å². The number of halogens is 1. The van der Waals surface area contributed by atoms with E-state index >= 15 is 0 Å². The highest BCUT2D eigenvalue weighted by Crippen LogP contribution is 2.19. The molecule has 0 amide bonds. The summed E-state index contributed by atoms with van der Waals surface area (Å²) < 4.78 is 15.0. The first-order valence-electron chi connectivity index (χ1n) is 5.84. The maximum atomic E-state index is 12.9. The molecule has 0 atom stereocenters. The van der Waals surface area contributed by atoms with Gasteiger partial charge in [0.2, 0.25) is 0 Å². The van der Waals surface area contributed by atoms with Gasteiger partial charge in [-0.25, -0.2) is 14.4 Å². The summed E-state index contributed by atoms with van der Waals surface area (Å²) in [6, 6.07) is 4.63. The molecular formula is C13H10FN5S. The standard InChI is InChI=1S/C13H10FN5S/c1-19-7-8(5-16-19)11-4-12(20)18-13(17-11)10-3-2-9(14)6-15-10/h2-7H,1H3,(H,17,18,20). The van der Waals surface area contributed by atoms with Crippen LogP contribution < -0.4 is 0 Å². The van der Waals surface area contributed by atoms with Gasteiger partial charge in [0.05, 0.1) is 18.1 Å². The van der Waals surface area contributed by atoms with Gasteiger partial charge in [0.15, 0.2) is 5.82 Å². The van der Waals surface area contributed by atoms with Crippen LogP contribution in [0, 0.1) is 10.5 Å². The average molecular weight is 287 g/mol. The first-order chi connectivity index (χ1) is 9.61. The quantitative estimate of drug-likeness (QED) is 0.736. The molecule has 3 aromatic heterocycles. The van der Waals surface area contributed by atoms with Crippen LogP contribution in [0.15, 0.2) is 36.8 Å². The number of H-pyrrole nitrogens is 1. The lowest BCUT2D eigenvalue weighted by molar-refractivity contribution is 0.621. The van der Waals surface area contributed by atoms with E-state index in [1.807, 2.05) is 13.2 Å². The fourth-order valence-corrected chi connectivity index (χ4v) is 2.02. The van der Waals surface area contributed by atoms with Gasteiger partial charge in [0.25, 0.3) is 0 Å². The lowest BCUT2D eigenvalue weighted by Gasteiger charge is -2.03. The molecule has 0 bridgehead atoms. The van der Waals surface area contributed by atoms with E-state index in [1.165, 1.54) is 6.07 Å². The lowest BCUT2D eigenvalue weighted by Crippen LogP contribution is -1.94. The molecule has 3 aromatic rings. The molecule has 0 radical (unpaired) electrons. The van der Waals surface area contributed by atoms with Crippen LogP contribution in [0.1, 0.15) is 0 Å². The lowest BCUT2D eigenvalue weighted by atomic mass is 10.2. The van der Waals surface area contributed by atoms with E-state index < -0.39 is 5.82 Å². The Labute approximate surface area is 119 Å². The Morgan fingerprint density at radius 1 is 1.30 bits per heavy atom. The third-order valence-corrected chi connectivity index (χ3v) is 2.94. The van der Waals surface area contributed by atoms with Gasteiger partial charge in [-0.1, -0.05) is 12.2 Å². The Morgan fingerprint density at radius 3 is 2.80 bits per heavy atom. The molecule has 0 saturated heterocycles. The molecule has 7 heteroatoms. The summed E-state index contributed by atoms with van der Waals surface area (Å²) in [5.41, 5.74) is 2.21. The number of rotatable bonds is 2. The topological polar surface area (TPSA) is 59.4 Å². The first-order valence-corrected chi connectivity index (χ1v) is 6.25. The average Bonchev–Trinajstić information content (AvgIpc) is 2.85. The zero-order valence-electron chi connectivity index (χ0n) is 10.5. The zero-order valence-corrected chi connectivity index (χ0v) is 11.4. The number of aromatic nitrogens is 5. The second-order valence-corrected chi connectivity index (χ2v) is 4.66. The minimum Gasteiger partial charge on any atom is -0.338 e. The van der Waals surface area contributed by atoms with Crippen LogP contribution in [0.4, 0.5) is 4.39 Å². The van der Waals surface area contributed by atoms with Crippen LogP contribution in [0.25, 0.3) is 22.8 Å². The molecule has 0 spiro atoms. The van der Waals surface area contributed by atoms with Crippen molar-refractivity contribution in [3.63, 3.8) is 0 Å². The molecule has 3 heterocycles. The molecule has 0 aliphatic rings. The molecule has 100 valence electrons. The van der Waals surface area contributed by atoms with Crippen molar-refractivity contribution in [2.75, 3.05) is 0 Å². The molecule has 1 N–H and O–H groups in total. The number of aromatic amines is 1. The summed E-state index contributed by atoms with van der Waals surface area (Å²) >= 11 is 5.16. The maximum absolute atomic E-state index is 12.9. The number of pyridine rings is 1. The van der Waals surface area contributed by atoms with Crippen molar-refractivity contribution in [2.45, 2.75) is 0 Å². The Balaban J connectivity index is 2.11. The predicted octanol–water partition coefficient (Wildman–Crippen LogP) is 2.74. The van der Waals surface area contributed by atoms with Crippen molar-refractivity contribution in [2.24, 2.45) is 7.05 Å². The molecule has 5 nitrogen and oxygen atoms in total.